The zero-order valence-corrected chi connectivity index (χ0v) is 13.2. The van der Waals surface area contributed by atoms with Gasteiger partial charge >= 0.3 is 0 Å². The molecular weight excluding hydrogens is 300 g/mol. The molecule has 0 aliphatic heterocycles. The third kappa shape index (κ3) is 2.36. The highest BCUT2D eigenvalue weighted by Gasteiger charge is 2.10. The van der Waals surface area contributed by atoms with Crippen LogP contribution in [0.4, 0.5) is 0 Å². The number of amides is 1. The lowest BCUT2D eigenvalue weighted by molar-refractivity contribution is 0.0957. The summed E-state index contributed by atoms with van der Waals surface area (Å²) in [5.41, 5.74) is 6.21. The normalized spacial score (nSPS) is 11.5. The van der Waals surface area contributed by atoms with Gasteiger partial charge in [0.05, 0.1) is 11.8 Å². The summed E-state index contributed by atoms with van der Waals surface area (Å²) in [6.45, 7) is 0. The van der Waals surface area contributed by atoms with Crippen LogP contribution in [0.3, 0.4) is 0 Å². The van der Waals surface area contributed by atoms with Crippen molar-refractivity contribution < 1.29 is 4.79 Å². The molecule has 5 heteroatoms. The Morgan fingerprint density at radius 3 is 2.75 bits per heavy atom. The number of rotatable bonds is 3. The number of aromatic nitrogens is 2. The second-order valence-corrected chi connectivity index (χ2v) is 5.66. The number of carbonyl (C=O) groups is 1. The average Bonchev–Trinajstić information content (AvgIpc) is 3.17. The van der Waals surface area contributed by atoms with Crippen molar-refractivity contribution in [2.45, 2.75) is 0 Å². The molecule has 0 saturated heterocycles. The van der Waals surface area contributed by atoms with Crippen LogP contribution >= 0.6 is 0 Å². The van der Waals surface area contributed by atoms with Gasteiger partial charge in [-0.2, -0.15) is 5.10 Å². The van der Waals surface area contributed by atoms with E-state index >= 15 is 0 Å². The van der Waals surface area contributed by atoms with Gasteiger partial charge in [-0.3, -0.25) is 4.79 Å². The number of para-hydroxylation sites is 2. The van der Waals surface area contributed by atoms with Crippen LogP contribution in [0.25, 0.3) is 21.8 Å². The Balaban J connectivity index is 1.57. The van der Waals surface area contributed by atoms with Crippen molar-refractivity contribution in [2.24, 2.45) is 12.1 Å². The number of benzene rings is 2. The lowest BCUT2D eigenvalue weighted by Crippen LogP contribution is -2.17. The summed E-state index contributed by atoms with van der Waals surface area (Å²) in [7, 11) is 1.99. The average molecular weight is 316 g/mol. The topological polar surface area (TPSA) is 62.2 Å². The van der Waals surface area contributed by atoms with Crippen LogP contribution in [0.2, 0.25) is 0 Å². The minimum absolute atomic E-state index is 0.232. The number of hydrogen-bond donors (Lipinski definition) is 2. The van der Waals surface area contributed by atoms with E-state index in [1.807, 2.05) is 60.3 Å². The lowest BCUT2D eigenvalue weighted by atomic mass is 10.2. The number of nitrogens with one attached hydrogen (secondary N) is 2. The molecule has 1 amide bonds. The molecule has 118 valence electrons. The number of hydrogen-bond acceptors (Lipinski definition) is 2. The summed E-state index contributed by atoms with van der Waals surface area (Å²) in [5, 5.41) is 6.10. The Morgan fingerprint density at radius 2 is 1.88 bits per heavy atom. The molecular formula is C19H16N4O. The standard InChI is InChI=1S/C19H16N4O/c1-23-12-13(14-6-3-5-9-18(14)23)10-21-22-19(24)16-11-20-17-8-4-2-7-15(16)17/h2-12,20H,1H3,(H,22,24). The molecule has 0 atom stereocenters. The Morgan fingerprint density at radius 1 is 1.12 bits per heavy atom. The van der Waals surface area contributed by atoms with E-state index in [2.05, 4.69) is 21.6 Å². The fourth-order valence-electron chi connectivity index (χ4n) is 2.96. The van der Waals surface area contributed by atoms with Gasteiger partial charge in [0.2, 0.25) is 0 Å². The fraction of sp³-hybridized carbons (Fsp3) is 0.0526. The van der Waals surface area contributed by atoms with E-state index in [-0.39, 0.29) is 5.91 Å². The second-order valence-electron chi connectivity index (χ2n) is 5.66. The smallest absolute Gasteiger partial charge is 0.273 e. The molecule has 0 spiro atoms. The lowest BCUT2D eigenvalue weighted by Gasteiger charge is -1.97. The maximum absolute atomic E-state index is 12.3. The molecule has 2 N–H and O–H groups in total. The van der Waals surface area contributed by atoms with Gasteiger partial charge in [-0.15, -0.1) is 0 Å². The van der Waals surface area contributed by atoms with Crippen LogP contribution in [0, 0.1) is 0 Å². The maximum Gasteiger partial charge on any atom is 0.273 e. The van der Waals surface area contributed by atoms with Crippen molar-refractivity contribution in [1.29, 1.82) is 0 Å². The van der Waals surface area contributed by atoms with E-state index in [0.717, 1.165) is 27.4 Å². The van der Waals surface area contributed by atoms with Crippen molar-refractivity contribution in [2.75, 3.05) is 0 Å². The van der Waals surface area contributed by atoms with Gasteiger partial charge in [0.1, 0.15) is 0 Å². The Hall–Kier alpha value is -3.34. The van der Waals surface area contributed by atoms with Crippen molar-refractivity contribution >= 4 is 33.9 Å². The molecule has 4 rings (SSSR count). The molecule has 0 unspecified atom stereocenters. The number of nitrogens with zero attached hydrogens (tertiary/aromatic N) is 2. The summed E-state index contributed by atoms with van der Waals surface area (Å²) in [5.74, 6) is -0.232. The molecule has 0 fully saturated rings. The largest absolute Gasteiger partial charge is 0.360 e. The van der Waals surface area contributed by atoms with E-state index in [1.54, 1.807) is 12.4 Å². The molecule has 4 aromatic rings. The van der Waals surface area contributed by atoms with Gasteiger partial charge in [-0.05, 0) is 12.1 Å². The quantitative estimate of drug-likeness (QED) is 0.441. The van der Waals surface area contributed by atoms with Gasteiger partial charge in [0, 0.05) is 46.8 Å². The maximum atomic E-state index is 12.3. The zero-order chi connectivity index (χ0) is 16.5. The van der Waals surface area contributed by atoms with Crippen LogP contribution in [0.5, 0.6) is 0 Å². The third-order valence-corrected chi connectivity index (χ3v) is 4.13. The SMILES string of the molecule is Cn1cc(C=NNC(=O)c2c[nH]c3ccccc23)c2ccccc21. The van der Waals surface area contributed by atoms with Crippen molar-refractivity contribution in [1.82, 2.24) is 15.0 Å². The van der Waals surface area contributed by atoms with Crippen LogP contribution in [-0.2, 0) is 7.05 Å². The van der Waals surface area contributed by atoms with Gasteiger partial charge in [-0.25, -0.2) is 5.43 Å². The van der Waals surface area contributed by atoms with Crippen LogP contribution in [0.1, 0.15) is 15.9 Å². The first kappa shape index (κ1) is 14.3. The van der Waals surface area contributed by atoms with Gasteiger partial charge in [0.25, 0.3) is 5.91 Å². The summed E-state index contributed by atoms with van der Waals surface area (Å²) in [4.78, 5) is 15.4. The van der Waals surface area contributed by atoms with Crippen LogP contribution in [-0.4, -0.2) is 21.7 Å². The first-order valence-electron chi connectivity index (χ1n) is 7.67. The number of carbonyl (C=O) groups excluding carboxylic acids is 1. The van der Waals surface area contributed by atoms with E-state index in [4.69, 9.17) is 0 Å². The van der Waals surface area contributed by atoms with E-state index < -0.39 is 0 Å². The number of fused-ring (bicyclic) bond motifs is 2. The summed E-state index contributed by atoms with van der Waals surface area (Å²) < 4.78 is 2.04. The second kappa shape index (κ2) is 5.70. The molecule has 2 aromatic carbocycles. The Bertz CT molecular complexity index is 1070. The molecule has 0 radical (unpaired) electrons. The Kier molecular flexibility index (Phi) is 3.39. The summed E-state index contributed by atoms with van der Waals surface area (Å²) in [6, 6.07) is 15.8. The number of aromatic amines is 1. The zero-order valence-electron chi connectivity index (χ0n) is 13.2. The highest BCUT2D eigenvalue weighted by molar-refractivity contribution is 6.07. The van der Waals surface area contributed by atoms with Gasteiger partial charge in [0.15, 0.2) is 0 Å². The molecule has 5 nitrogen and oxygen atoms in total. The van der Waals surface area contributed by atoms with Crippen molar-refractivity contribution in [3.05, 3.63) is 72.1 Å². The first-order chi connectivity index (χ1) is 11.7. The monoisotopic (exact) mass is 316 g/mol. The van der Waals surface area contributed by atoms with Crippen molar-refractivity contribution in [3.63, 3.8) is 0 Å². The molecule has 2 aromatic heterocycles. The Labute approximate surface area is 138 Å². The molecule has 0 saturated carbocycles. The van der Waals surface area contributed by atoms with E-state index in [9.17, 15) is 4.79 Å². The van der Waals surface area contributed by atoms with Gasteiger partial charge in [-0.1, -0.05) is 36.4 Å². The third-order valence-electron chi connectivity index (χ3n) is 4.13. The molecule has 0 aliphatic carbocycles. The summed E-state index contributed by atoms with van der Waals surface area (Å²) >= 11 is 0. The highest BCUT2D eigenvalue weighted by atomic mass is 16.2. The van der Waals surface area contributed by atoms with Crippen LogP contribution in [0.15, 0.2) is 66.0 Å². The highest BCUT2D eigenvalue weighted by Crippen LogP contribution is 2.19. The molecule has 0 bridgehead atoms. The van der Waals surface area contributed by atoms with Gasteiger partial charge < -0.3 is 9.55 Å². The molecule has 2 heterocycles. The fourth-order valence-corrected chi connectivity index (χ4v) is 2.96. The van der Waals surface area contributed by atoms with E-state index in [0.29, 0.717) is 5.56 Å². The van der Waals surface area contributed by atoms with Crippen LogP contribution < -0.4 is 5.43 Å². The van der Waals surface area contributed by atoms with E-state index in [1.165, 1.54) is 0 Å². The number of hydrazone groups is 1. The first-order valence-corrected chi connectivity index (χ1v) is 7.67. The minimum Gasteiger partial charge on any atom is -0.360 e. The van der Waals surface area contributed by atoms with Crippen molar-refractivity contribution in [3.8, 4) is 0 Å². The predicted molar refractivity (Wildman–Crippen MR) is 96.3 cm³/mol. The minimum atomic E-state index is -0.232. The summed E-state index contributed by atoms with van der Waals surface area (Å²) in [6.07, 6.45) is 5.37. The predicted octanol–water partition coefficient (Wildman–Crippen LogP) is 3.42. The number of H-pyrrole nitrogens is 1. The number of aryl methyl sites for hydroxylation is 1. The molecule has 24 heavy (non-hydrogen) atoms. The molecule has 0 aliphatic rings.